The van der Waals surface area contributed by atoms with Gasteiger partial charge in [0.25, 0.3) is 0 Å². The van der Waals surface area contributed by atoms with Gasteiger partial charge in [0.2, 0.25) is 0 Å². The van der Waals surface area contributed by atoms with Crippen molar-refractivity contribution in [1.29, 1.82) is 0 Å². The largest absolute Gasteiger partial charge is 0.508 e. The first-order valence-corrected chi connectivity index (χ1v) is 4.08. The van der Waals surface area contributed by atoms with Gasteiger partial charge in [-0.05, 0) is 19.9 Å². The predicted octanol–water partition coefficient (Wildman–Crippen LogP) is 2.32. The van der Waals surface area contributed by atoms with Gasteiger partial charge in [0.05, 0.1) is 12.7 Å². The summed E-state index contributed by atoms with van der Waals surface area (Å²) in [5.41, 5.74) is 0.839. The Morgan fingerprint density at radius 1 is 1.33 bits per heavy atom. The normalized spacial score (nSPS) is 10.6. The molecule has 66 valence electrons. The molecule has 1 aromatic rings. The minimum atomic E-state index is 0.199. The highest BCUT2D eigenvalue weighted by Crippen LogP contribution is 2.16. The van der Waals surface area contributed by atoms with Gasteiger partial charge in [-0.3, -0.25) is 0 Å². The number of hydrogen-bond donors (Lipinski definition) is 1. The second-order valence-electron chi connectivity index (χ2n) is 2.99. The smallest absolute Gasteiger partial charge is 0.121 e. The topological polar surface area (TPSA) is 29.5 Å². The molecular formula is C10H14O2. The Hall–Kier alpha value is -1.02. The third kappa shape index (κ3) is 2.55. The van der Waals surface area contributed by atoms with Crippen LogP contribution in [0.3, 0.4) is 0 Å². The van der Waals surface area contributed by atoms with Crippen LogP contribution in [0.2, 0.25) is 0 Å². The molecule has 0 spiro atoms. The molecule has 0 saturated heterocycles. The van der Waals surface area contributed by atoms with Crippen LogP contribution in [0.25, 0.3) is 0 Å². The summed E-state index contributed by atoms with van der Waals surface area (Å²) in [7, 11) is 0. The Kier molecular flexibility index (Phi) is 3.11. The van der Waals surface area contributed by atoms with Crippen molar-refractivity contribution < 1.29 is 9.84 Å². The molecule has 0 saturated carbocycles. The number of aromatic hydroxyl groups is 1. The summed E-state index contributed by atoms with van der Waals surface area (Å²) in [5.74, 6) is 0.304. The quantitative estimate of drug-likeness (QED) is 0.746. The maximum atomic E-state index is 9.34. The molecule has 2 nitrogen and oxygen atoms in total. The minimum Gasteiger partial charge on any atom is -0.508 e. The Balaban J connectivity index is 2.57. The molecular weight excluding hydrogens is 152 g/mol. The minimum absolute atomic E-state index is 0.199. The van der Waals surface area contributed by atoms with Gasteiger partial charge in [0.1, 0.15) is 5.75 Å². The molecule has 0 radical (unpaired) electrons. The van der Waals surface area contributed by atoms with Crippen molar-refractivity contribution in [2.24, 2.45) is 0 Å². The summed E-state index contributed by atoms with van der Waals surface area (Å²) in [4.78, 5) is 0. The number of phenolic OH excluding ortho intramolecular Hbond substituents is 1. The average molecular weight is 166 g/mol. The first-order chi connectivity index (χ1) is 5.70. The average Bonchev–Trinajstić information content (AvgIpc) is 2.03. The van der Waals surface area contributed by atoms with Crippen molar-refractivity contribution in [3.8, 4) is 5.75 Å². The zero-order valence-electron chi connectivity index (χ0n) is 7.45. The Bertz CT molecular complexity index is 243. The summed E-state index contributed by atoms with van der Waals surface area (Å²) in [5, 5.41) is 9.34. The van der Waals surface area contributed by atoms with Crippen molar-refractivity contribution in [3.05, 3.63) is 29.8 Å². The van der Waals surface area contributed by atoms with Crippen LogP contribution in [0.5, 0.6) is 5.75 Å². The van der Waals surface area contributed by atoms with E-state index in [-0.39, 0.29) is 6.10 Å². The van der Waals surface area contributed by atoms with Crippen LogP contribution in [-0.2, 0) is 11.3 Å². The highest BCUT2D eigenvalue weighted by molar-refractivity contribution is 5.30. The van der Waals surface area contributed by atoms with Gasteiger partial charge >= 0.3 is 0 Å². The van der Waals surface area contributed by atoms with Gasteiger partial charge in [-0.25, -0.2) is 0 Å². The fraction of sp³-hybridized carbons (Fsp3) is 0.400. The third-order valence-electron chi connectivity index (χ3n) is 1.56. The SMILES string of the molecule is CC(C)OCc1ccccc1O. The number of hydrogen-bond acceptors (Lipinski definition) is 2. The molecule has 0 heterocycles. The maximum absolute atomic E-state index is 9.34. The molecule has 0 aliphatic rings. The number of ether oxygens (including phenoxy) is 1. The number of phenols is 1. The van der Waals surface area contributed by atoms with Crippen LogP contribution in [0.1, 0.15) is 19.4 Å². The summed E-state index contributed by atoms with van der Waals surface area (Å²) >= 11 is 0. The van der Waals surface area contributed by atoms with E-state index in [2.05, 4.69) is 0 Å². The van der Waals surface area contributed by atoms with Gasteiger partial charge in [-0.1, -0.05) is 18.2 Å². The summed E-state index contributed by atoms with van der Waals surface area (Å²) in [6.45, 7) is 4.42. The van der Waals surface area contributed by atoms with Gasteiger partial charge in [0, 0.05) is 5.56 Å². The highest BCUT2D eigenvalue weighted by atomic mass is 16.5. The lowest BCUT2D eigenvalue weighted by Gasteiger charge is -2.08. The molecule has 2 heteroatoms. The monoisotopic (exact) mass is 166 g/mol. The molecule has 0 bridgehead atoms. The molecule has 0 amide bonds. The lowest BCUT2D eigenvalue weighted by Crippen LogP contribution is -2.02. The first kappa shape index (κ1) is 9.07. The molecule has 1 rings (SSSR count). The second kappa shape index (κ2) is 4.12. The van der Waals surface area contributed by atoms with Crippen LogP contribution in [0.4, 0.5) is 0 Å². The van der Waals surface area contributed by atoms with Gasteiger partial charge < -0.3 is 9.84 Å². The van der Waals surface area contributed by atoms with E-state index in [1.807, 2.05) is 26.0 Å². The molecule has 12 heavy (non-hydrogen) atoms. The standard InChI is InChI=1S/C10H14O2/c1-8(2)12-7-9-5-3-4-6-10(9)11/h3-6,8,11H,7H2,1-2H3. The third-order valence-corrected chi connectivity index (χ3v) is 1.56. The van der Waals surface area contributed by atoms with E-state index in [9.17, 15) is 5.11 Å². The van der Waals surface area contributed by atoms with Crippen LogP contribution >= 0.6 is 0 Å². The predicted molar refractivity (Wildman–Crippen MR) is 48.0 cm³/mol. The van der Waals surface area contributed by atoms with E-state index in [0.29, 0.717) is 12.4 Å². The van der Waals surface area contributed by atoms with Crippen LogP contribution in [0, 0.1) is 0 Å². The number of para-hydroxylation sites is 1. The Labute approximate surface area is 72.8 Å². The molecule has 1 aromatic carbocycles. The molecule has 0 fully saturated rings. The Morgan fingerprint density at radius 2 is 2.00 bits per heavy atom. The van der Waals surface area contributed by atoms with E-state index in [1.54, 1.807) is 12.1 Å². The van der Waals surface area contributed by atoms with Gasteiger partial charge in [-0.2, -0.15) is 0 Å². The molecule has 0 atom stereocenters. The lowest BCUT2D eigenvalue weighted by molar-refractivity contribution is 0.0645. The highest BCUT2D eigenvalue weighted by Gasteiger charge is 2.00. The number of rotatable bonds is 3. The molecule has 1 N–H and O–H groups in total. The maximum Gasteiger partial charge on any atom is 0.121 e. The van der Waals surface area contributed by atoms with E-state index < -0.39 is 0 Å². The fourth-order valence-electron chi connectivity index (χ4n) is 0.889. The molecule has 0 unspecified atom stereocenters. The lowest BCUT2D eigenvalue weighted by atomic mass is 10.2. The van der Waals surface area contributed by atoms with Crippen LogP contribution in [-0.4, -0.2) is 11.2 Å². The Morgan fingerprint density at radius 3 is 2.58 bits per heavy atom. The first-order valence-electron chi connectivity index (χ1n) is 4.08. The molecule has 0 aliphatic heterocycles. The van der Waals surface area contributed by atoms with Crippen molar-refractivity contribution in [2.45, 2.75) is 26.6 Å². The molecule has 0 aromatic heterocycles. The van der Waals surface area contributed by atoms with Crippen LogP contribution < -0.4 is 0 Å². The van der Waals surface area contributed by atoms with Crippen molar-refractivity contribution in [3.63, 3.8) is 0 Å². The van der Waals surface area contributed by atoms with E-state index in [4.69, 9.17) is 4.74 Å². The van der Waals surface area contributed by atoms with Crippen molar-refractivity contribution in [1.82, 2.24) is 0 Å². The summed E-state index contributed by atoms with van der Waals surface area (Å²) in [6.07, 6.45) is 0.199. The van der Waals surface area contributed by atoms with Gasteiger partial charge in [0.15, 0.2) is 0 Å². The van der Waals surface area contributed by atoms with Crippen LogP contribution in [0.15, 0.2) is 24.3 Å². The fourth-order valence-corrected chi connectivity index (χ4v) is 0.889. The van der Waals surface area contributed by atoms with Gasteiger partial charge in [-0.15, -0.1) is 0 Å². The molecule has 0 aliphatic carbocycles. The van der Waals surface area contributed by atoms with Crippen molar-refractivity contribution in [2.75, 3.05) is 0 Å². The van der Waals surface area contributed by atoms with E-state index >= 15 is 0 Å². The number of benzene rings is 1. The second-order valence-corrected chi connectivity index (χ2v) is 2.99. The summed E-state index contributed by atoms with van der Waals surface area (Å²) < 4.78 is 5.35. The van der Waals surface area contributed by atoms with E-state index in [1.165, 1.54) is 0 Å². The summed E-state index contributed by atoms with van der Waals surface area (Å²) in [6, 6.07) is 7.21. The van der Waals surface area contributed by atoms with E-state index in [0.717, 1.165) is 5.56 Å². The zero-order valence-corrected chi connectivity index (χ0v) is 7.45. The van der Waals surface area contributed by atoms with Crippen molar-refractivity contribution >= 4 is 0 Å². The zero-order chi connectivity index (χ0) is 8.97.